The maximum Gasteiger partial charge on any atom is 0.248 e. The molecule has 1 aliphatic heterocycles. The monoisotopic (exact) mass is 570 g/mol. The zero-order chi connectivity index (χ0) is 26.0. The SMILES string of the molecule is Cc1cccc(C(CC(=O)CC2CCNCC2)c2cn(CC3CCC(F)(F)CC3)c3ccc(Br)cc23)c1. The van der Waals surface area contributed by atoms with E-state index in [1.54, 1.807) is 0 Å². The van der Waals surface area contributed by atoms with Crippen LogP contribution < -0.4 is 5.32 Å². The molecule has 2 fully saturated rings. The lowest BCUT2D eigenvalue weighted by Gasteiger charge is -2.28. The molecule has 5 rings (SSSR count). The molecule has 1 aromatic heterocycles. The Labute approximate surface area is 227 Å². The Hall–Kier alpha value is -2.05. The second kappa shape index (κ2) is 11.4. The van der Waals surface area contributed by atoms with Crippen LogP contribution in [0, 0.1) is 18.8 Å². The molecule has 0 amide bonds. The summed E-state index contributed by atoms with van der Waals surface area (Å²) in [6, 6.07) is 14.8. The third-order valence-corrected chi connectivity index (χ3v) is 8.89. The smallest absolute Gasteiger partial charge is 0.248 e. The number of fused-ring (bicyclic) bond motifs is 1. The van der Waals surface area contributed by atoms with Crippen LogP contribution >= 0.6 is 15.9 Å². The number of nitrogens with zero attached hydrogens (tertiary/aromatic N) is 1. The van der Waals surface area contributed by atoms with Crippen molar-refractivity contribution in [1.82, 2.24) is 9.88 Å². The normalized spacial score (nSPS) is 19.8. The van der Waals surface area contributed by atoms with Crippen molar-refractivity contribution in [3.63, 3.8) is 0 Å². The van der Waals surface area contributed by atoms with E-state index in [2.05, 4.69) is 75.3 Å². The van der Waals surface area contributed by atoms with Crippen molar-refractivity contribution in [3.05, 3.63) is 69.8 Å². The highest BCUT2D eigenvalue weighted by atomic mass is 79.9. The van der Waals surface area contributed by atoms with Gasteiger partial charge in [-0.1, -0.05) is 45.8 Å². The average molecular weight is 572 g/mol. The molecule has 6 heteroatoms. The highest BCUT2D eigenvalue weighted by Crippen LogP contribution is 2.40. The average Bonchev–Trinajstić information content (AvgIpc) is 3.21. The van der Waals surface area contributed by atoms with Crippen molar-refractivity contribution < 1.29 is 13.6 Å². The van der Waals surface area contributed by atoms with Gasteiger partial charge in [-0.05, 0) is 86.9 Å². The van der Waals surface area contributed by atoms with E-state index < -0.39 is 5.92 Å². The molecular formula is C31H37BrF2N2O. The Morgan fingerprint density at radius 2 is 1.84 bits per heavy atom. The van der Waals surface area contributed by atoms with Crippen LogP contribution in [0.1, 0.15) is 74.0 Å². The van der Waals surface area contributed by atoms with Gasteiger partial charge in [-0.15, -0.1) is 0 Å². The quantitative estimate of drug-likeness (QED) is 0.297. The third kappa shape index (κ3) is 6.51. The first-order valence-electron chi connectivity index (χ1n) is 13.7. The molecule has 198 valence electrons. The summed E-state index contributed by atoms with van der Waals surface area (Å²) in [6.45, 7) is 4.82. The van der Waals surface area contributed by atoms with E-state index >= 15 is 0 Å². The third-order valence-electron chi connectivity index (χ3n) is 8.39. The molecule has 1 atom stereocenters. The van der Waals surface area contributed by atoms with E-state index in [1.165, 1.54) is 5.56 Å². The van der Waals surface area contributed by atoms with Crippen LogP contribution in [-0.2, 0) is 11.3 Å². The molecule has 0 bridgehead atoms. The fourth-order valence-electron chi connectivity index (χ4n) is 6.30. The highest BCUT2D eigenvalue weighted by molar-refractivity contribution is 9.10. The topological polar surface area (TPSA) is 34.0 Å². The van der Waals surface area contributed by atoms with E-state index in [9.17, 15) is 13.6 Å². The number of halogens is 3. The van der Waals surface area contributed by atoms with Crippen molar-refractivity contribution >= 4 is 32.6 Å². The van der Waals surface area contributed by atoms with Crippen LogP contribution in [0.25, 0.3) is 10.9 Å². The maximum absolute atomic E-state index is 13.8. The first-order valence-corrected chi connectivity index (χ1v) is 14.5. The molecule has 1 N–H and O–H groups in total. The van der Waals surface area contributed by atoms with Gasteiger partial charge in [0.15, 0.2) is 0 Å². The summed E-state index contributed by atoms with van der Waals surface area (Å²) in [5.74, 6) is -1.53. The van der Waals surface area contributed by atoms with Crippen molar-refractivity contribution in [2.45, 2.75) is 76.7 Å². The second-order valence-electron chi connectivity index (χ2n) is 11.3. The molecule has 3 aromatic rings. The zero-order valence-electron chi connectivity index (χ0n) is 21.6. The van der Waals surface area contributed by atoms with Crippen LogP contribution in [0.2, 0.25) is 0 Å². The van der Waals surface area contributed by atoms with Crippen LogP contribution in [-0.4, -0.2) is 29.4 Å². The van der Waals surface area contributed by atoms with E-state index in [0.29, 0.717) is 37.4 Å². The predicted octanol–water partition coefficient (Wildman–Crippen LogP) is 8.02. The Morgan fingerprint density at radius 3 is 2.57 bits per heavy atom. The fraction of sp³-hybridized carbons (Fsp3) is 0.516. The second-order valence-corrected chi connectivity index (χ2v) is 12.2. The number of ketones is 1. The number of carbonyl (C=O) groups is 1. The molecule has 1 saturated carbocycles. The van der Waals surface area contributed by atoms with Gasteiger partial charge in [0.05, 0.1) is 0 Å². The minimum atomic E-state index is -2.52. The first kappa shape index (κ1) is 26.6. The molecule has 1 unspecified atom stereocenters. The largest absolute Gasteiger partial charge is 0.347 e. The summed E-state index contributed by atoms with van der Waals surface area (Å²) in [4.78, 5) is 13.4. The predicted molar refractivity (Wildman–Crippen MR) is 149 cm³/mol. The number of nitrogens with one attached hydrogen (secondary N) is 1. The molecule has 2 heterocycles. The van der Waals surface area contributed by atoms with Crippen molar-refractivity contribution in [2.75, 3.05) is 13.1 Å². The fourth-order valence-corrected chi connectivity index (χ4v) is 6.66. The summed E-state index contributed by atoms with van der Waals surface area (Å²) in [7, 11) is 0. The van der Waals surface area contributed by atoms with E-state index in [4.69, 9.17) is 0 Å². The number of aromatic nitrogens is 1. The lowest BCUT2D eigenvalue weighted by Crippen LogP contribution is -2.29. The first-order chi connectivity index (χ1) is 17.8. The molecule has 2 aromatic carbocycles. The van der Waals surface area contributed by atoms with Crippen LogP contribution in [0.4, 0.5) is 8.78 Å². The van der Waals surface area contributed by atoms with E-state index in [-0.39, 0.29) is 24.7 Å². The number of rotatable bonds is 8. The Morgan fingerprint density at radius 1 is 1.08 bits per heavy atom. The van der Waals surface area contributed by atoms with Crippen molar-refractivity contribution in [2.24, 2.45) is 11.8 Å². The molecule has 37 heavy (non-hydrogen) atoms. The number of alkyl halides is 2. The van der Waals surface area contributed by atoms with Crippen molar-refractivity contribution in [3.8, 4) is 0 Å². The Balaban J connectivity index is 1.48. The minimum Gasteiger partial charge on any atom is -0.347 e. The highest BCUT2D eigenvalue weighted by Gasteiger charge is 2.35. The van der Waals surface area contributed by atoms with E-state index in [1.807, 2.05) is 6.07 Å². The van der Waals surface area contributed by atoms with Gasteiger partial charge in [-0.25, -0.2) is 8.78 Å². The van der Waals surface area contributed by atoms with Gasteiger partial charge < -0.3 is 9.88 Å². The molecule has 1 saturated heterocycles. The zero-order valence-corrected chi connectivity index (χ0v) is 23.2. The van der Waals surface area contributed by atoms with Crippen LogP contribution in [0.15, 0.2) is 53.1 Å². The van der Waals surface area contributed by atoms with Gasteiger partial charge >= 0.3 is 0 Å². The number of carbonyl (C=O) groups excluding carboxylic acids is 1. The van der Waals surface area contributed by atoms with Gasteiger partial charge in [0.1, 0.15) is 5.78 Å². The number of hydrogen-bond donors (Lipinski definition) is 1. The molecule has 0 spiro atoms. The summed E-state index contributed by atoms with van der Waals surface area (Å²) in [5, 5.41) is 4.53. The minimum absolute atomic E-state index is 0.0214. The van der Waals surface area contributed by atoms with Gasteiger partial charge in [0.2, 0.25) is 5.92 Å². The van der Waals surface area contributed by atoms with Gasteiger partial charge in [-0.2, -0.15) is 0 Å². The van der Waals surface area contributed by atoms with Crippen LogP contribution in [0.3, 0.4) is 0 Å². The lowest BCUT2D eigenvalue weighted by molar-refractivity contribution is -0.120. The Kier molecular flexibility index (Phi) is 8.16. The molecule has 0 radical (unpaired) electrons. The molecular weight excluding hydrogens is 534 g/mol. The molecule has 3 nitrogen and oxygen atoms in total. The van der Waals surface area contributed by atoms with Crippen LogP contribution in [0.5, 0.6) is 0 Å². The number of benzene rings is 2. The number of hydrogen-bond acceptors (Lipinski definition) is 2. The summed E-state index contributed by atoms with van der Waals surface area (Å²) >= 11 is 3.66. The number of piperidine rings is 1. The molecule has 1 aliphatic carbocycles. The summed E-state index contributed by atoms with van der Waals surface area (Å²) in [5.41, 5.74) is 4.61. The number of Topliss-reactive ketones (excluding diaryl/α,β-unsaturated/α-hetero) is 1. The van der Waals surface area contributed by atoms with Crippen molar-refractivity contribution in [1.29, 1.82) is 0 Å². The summed E-state index contributed by atoms with van der Waals surface area (Å²) < 4.78 is 30.8. The van der Waals surface area contributed by atoms with Gasteiger partial charge in [0.25, 0.3) is 0 Å². The molecule has 2 aliphatic rings. The standard InChI is InChI=1S/C31H37BrF2N2O/c1-21-3-2-4-24(15-21)27(18-26(37)16-22-9-13-35-14-10-22)29-20-36(30-6-5-25(32)17-28(29)30)19-23-7-11-31(33,34)12-8-23/h2-6,15,17,20,22-23,27,35H,7-14,16,18-19H2,1H3. The number of aryl methyl sites for hydroxylation is 1. The van der Waals surface area contributed by atoms with Gasteiger partial charge in [-0.3, -0.25) is 4.79 Å². The maximum atomic E-state index is 13.8. The van der Waals surface area contributed by atoms with Gasteiger partial charge in [0, 0.05) is 59.7 Å². The summed E-state index contributed by atoms with van der Waals surface area (Å²) in [6.07, 6.45) is 6.51. The Bertz CT molecular complexity index is 1240. The lowest BCUT2D eigenvalue weighted by atomic mass is 9.83. The van der Waals surface area contributed by atoms with E-state index in [0.717, 1.165) is 59.0 Å².